The molecule has 1 saturated heterocycles. The Morgan fingerprint density at radius 3 is 2.86 bits per heavy atom. The van der Waals surface area contributed by atoms with E-state index in [0.717, 1.165) is 57.6 Å². The van der Waals surface area contributed by atoms with Gasteiger partial charge in [0.2, 0.25) is 0 Å². The number of rotatable bonds is 6. The molecule has 21 heavy (non-hydrogen) atoms. The molecular formula is C17H26N2O2. The summed E-state index contributed by atoms with van der Waals surface area (Å²) in [6, 6.07) is 7.71. The van der Waals surface area contributed by atoms with Crippen LogP contribution in [0.5, 0.6) is 5.75 Å². The fraction of sp³-hybridized carbons (Fsp3) is 0.588. The lowest BCUT2D eigenvalue weighted by atomic mass is 10.1. The third-order valence-corrected chi connectivity index (χ3v) is 3.79. The van der Waals surface area contributed by atoms with Crippen molar-refractivity contribution in [3.05, 3.63) is 29.8 Å². The van der Waals surface area contributed by atoms with E-state index in [2.05, 4.69) is 17.6 Å². The number of ether oxygens (including phenoxy) is 1. The maximum atomic E-state index is 12.2. The van der Waals surface area contributed by atoms with E-state index in [-0.39, 0.29) is 11.9 Å². The van der Waals surface area contributed by atoms with Crippen molar-refractivity contribution in [1.82, 2.24) is 10.6 Å². The highest BCUT2D eigenvalue weighted by atomic mass is 16.5. The molecular weight excluding hydrogens is 264 g/mol. The highest BCUT2D eigenvalue weighted by Gasteiger charge is 2.15. The van der Waals surface area contributed by atoms with Crippen LogP contribution in [0.3, 0.4) is 0 Å². The maximum absolute atomic E-state index is 12.2. The monoisotopic (exact) mass is 290 g/mol. The minimum absolute atomic E-state index is 0.0157. The largest absolute Gasteiger partial charge is 0.494 e. The molecule has 0 aliphatic carbocycles. The summed E-state index contributed by atoms with van der Waals surface area (Å²) < 4.78 is 5.61. The number of unbranched alkanes of at least 4 members (excludes halogenated alkanes) is 1. The van der Waals surface area contributed by atoms with Crippen LogP contribution in [0, 0.1) is 0 Å². The first-order valence-electron chi connectivity index (χ1n) is 8.04. The normalized spacial score (nSPS) is 18.8. The summed E-state index contributed by atoms with van der Waals surface area (Å²) in [5.41, 5.74) is 0.704. The van der Waals surface area contributed by atoms with Gasteiger partial charge in [-0.05, 0) is 63.0 Å². The third kappa shape index (κ3) is 5.38. The van der Waals surface area contributed by atoms with Crippen LogP contribution in [-0.4, -0.2) is 31.6 Å². The molecule has 1 aromatic carbocycles. The van der Waals surface area contributed by atoms with E-state index < -0.39 is 0 Å². The quantitative estimate of drug-likeness (QED) is 0.792. The van der Waals surface area contributed by atoms with Gasteiger partial charge in [-0.25, -0.2) is 0 Å². The van der Waals surface area contributed by atoms with Crippen LogP contribution < -0.4 is 15.4 Å². The molecule has 1 aromatic rings. The van der Waals surface area contributed by atoms with E-state index in [4.69, 9.17) is 4.74 Å². The van der Waals surface area contributed by atoms with Gasteiger partial charge in [-0.2, -0.15) is 0 Å². The summed E-state index contributed by atoms with van der Waals surface area (Å²) in [4.78, 5) is 12.2. The van der Waals surface area contributed by atoms with E-state index >= 15 is 0 Å². The zero-order valence-corrected chi connectivity index (χ0v) is 12.9. The van der Waals surface area contributed by atoms with Gasteiger partial charge in [-0.3, -0.25) is 4.79 Å². The minimum Gasteiger partial charge on any atom is -0.494 e. The van der Waals surface area contributed by atoms with Gasteiger partial charge in [0.05, 0.1) is 6.61 Å². The van der Waals surface area contributed by atoms with E-state index in [1.165, 1.54) is 0 Å². The van der Waals surface area contributed by atoms with Crippen molar-refractivity contribution in [3.63, 3.8) is 0 Å². The van der Waals surface area contributed by atoms with Gasteiger partial charge in [0.25, 0.3) is 5.91 Å². The molecule has 0 spiro atoms. The molecule has 1 heterocycles. The second kappa shape index (κ2) is 8.67. The second-order valence-corrected chi connectivity index (χ2v) is 5.58. The molecule has 1 unspecified atom stereocenters. The van der Waals surface area contributed by atoms with Crippen LogP contribution in [0.15, 0.2) is 24.3 Å². The fourth-order valence-electron chi connectivity index (χ4n) is 2.47. The molecule has 116 valence electrons. The number of hydrogen-bond acceptors (Lipinski definition) is 3. The molecule has 4 heteroatoms. The van der Waals surface area contributed by atoms with E-state index in [1.54, 1.807) is 0 Å². The van der Waals surface area contributed by atoms with E-state index in [9.17, 15) is 4.79 Å². The number of hydrogen-bond donors (Lipinski definition) is 2. The molecule has 1 aliphatic rings. The Morgan fingerprint density at radius 2 is 2.10 bits per heavy atom. The highest BCUT2D eigenvalue weighted by Crippen LogP contribution is 2.13. The van der Waals surface area contributed by atoms with Gasteiger partial charge in [0.1, 0.15) is 5.75 Å². The van der Waals surface area contributed by atoms with Crippen molar-refractivity contribution in [2.75, 3.05) is 19.7 Å². The first-order valence-corrected chi connectivity index (χ1v) is 8.04. The van der Waals surface area contributed by atoms with Crippen LogP contribution in [0.1, 0.15) is 49.4 Å². The Labute approximate surface area is 127 Å². The molecule has 2 rings (SSSR count). The number of carbonyl (C=O) groups is 1. The van der Waals surface area contributed by atoms with Crippen molar-refractivity contribution in [2.45, 2.75) is 45.1 Å². The summed E-state index contributed by atoms with van der Waals surface area (Å²) in [5.74, 6) is 0.848. The number of amides is 1. The standard InChI is InChI=1S/C17H26N2O2/c1-2-3-13-21-16-8-6-14(7-9-16)17(20)19-15-5-4-11-18-12-10-15/h6-9,15,18H,2-5,10-13H2,1H3,(H,19,20). The summed E-state index contributed by atoms with van der Waals surface area (Å²) in [7, 11) is 0. The van der Waals surface area contributed by atoms with Gasteiger partial charge in [-0.15, -0.1) is 0 Å². The lowest BCUT2D eigenvalue weighted by Crippen LogP contribution is -2.35. The lowest BCUT2D eigenvalue weighted by Gasteiger charge is -2.16. The summed E-state index contributed by atoms with van der Waals surface area (Å²) in [6.45, 7) is 4.91. The van der Waals surface area contributed by atoms with Gasteiger partial charge < -0.3 is 15.4 Å². The van der Waals surface area contributed by atoms with Crippen LogP contribution in [0.25, 0.3) is 0 Å². The predicted octanol–water partition coefficient (Wildman–Crippen LogP) is 2.74. The Hall–Kier alpha value is -1.55. The molecule has 1 fully saturated rings. The fourth-order valence-corrected chi connectivity index (χ4v) is 2.47. The zero-order valence-electron chi connectivity index (χ0n) is 12.9. The lowest BCUT2D eigenvalue weighted by molar-refractivity contribution is 0.0934. The molecule has 0 bridgehead atoms. The average Bonchev–Trinajstić information content (AvgIpc) is 2.77. The predicted molar refractivity (Wildman–Crippen MR) is 84.8 cm³/mol. The van der Waals surface area contributed by atoms with Crippen molar-refractivity contribution in [1.29, 1.82) is 0 Å². The molecule has 1 amide bonds. The first-order chi connectivity index (χ1) is 10.3. The van der Waals surface area contributed by atoms with Gasteiger partial charge in [-0.1, -0.05) is 13.3 Å². The highest BCUT2D eigenvalue weighted by molar-refractivity contribution is 5.94. The molecule has 2 N–H and O–H groups in total. The smallest absolute Gasteiger partial charge is 0.251 e. The second-order valence-electron chi connectivity index (χ2n) is 5.58. The summed E-state index contributed by atoms with van der Waals surface area (Å²) >= 11 is 0. The van der Waals surface area contributed by atoms with E-state index in [1.807, 2.05) is 24.3 Å². The summed E-state index contributed by atoms with van der Waals surface area (Å²) in [6.07, 6.45) is 5.35. The Bertz CT molecular complexity index is 423. The number of benzene rings is 1. The van der Waals surface area contributed by atoms with E-state index in [0.29, 0.717) is 5.56 Å². The molecule has 0 saturated carbocycles. The van der Waals surface area contributed by atoms with Crippen LogP contribution >= 0.6 is 0 Å². The Morgan fingerprint density at radius 1 is 1.29 bits per heavy atom. The molecule has 0 aromatic heterocycles. The minimum atomic E-state index is 0.0157. The maximum Gasteiger partial charge on any atom is 0.251 e. The zero-order chi connectivity index (χ0) is 14.9. The van der Waals surface area contributed by atoms with Crippen LogP contribution in [-0.2, 0) is 0 Å². The SMILES string of the molecule is CCCCOc1ccc(C(=O)NC2CCCNCC2)cc1. The third-order valence-electron chi connectivity index (χ3n) is 3.79. The van der Waals surface area contributed by atoms with Crippen molar-refractivity contribution >= 4 is 5.91 Å². The van der Waals surface area contributed by atoms with Crippen molar-refractivity contribution < 1.29 is 9.53 Å². The molecule has 1 aliphatic heterocycles. The number of carbonyl (C=O) groups excluding carboxylic acids is 1. The summed E-state index contributed by atoms with van der Waals surface area (Å²) in [5, 5.41) is 6.48. The van der Waals surface area contributed by atoms with Crippen LogP contribution in [0.2, 0.25) is 0 Å². The number of nitrogens with one attached hydrogen (secondary N) is 2. The van der Waals surface area contributed by atoms with Crippen molar-refractivity contribution in [3.8, 4) is 5.75 Å². The molecule has 1 atom stereocenters. The van der Waals surface area contributed by atoms with Gasteiger partial charge >= 0.3 is 0 Å². The van der Waals surface area contributed by atoms with Gasteiger partial charge in [0.15, 0.2) is 0 Å². The average molecular weight is 290 g/mol. The van der Waals surface area contributed by atoms with Crippen molar-refractivity contribution in [2.24, 2.45) is 0 Å². The molecule has 4 nitrogen and oxygen atoms in total. The Balaban J connectivity index is 1.84. The first kappa shape index (κ1) is 15.8. The van der Waals surface area contributed by atoms with Crippen LogP contribution in [0.4, 0.5) is 0 Å². The molecule has 0 radical (unpaired) electrons. The van der Waals surface area contributed by atoms with Gasteiger partial charge in [0, 0.05) is 11.6 Å². The topological polar surface area (TPSA) is 50.4 Å². The Kier molecular flexibility index (Phi) is 6.54.